The van der Waals surface area contributed by atoms with Crippen molar-refractivity contribution in [1.29, 1.82) is 0 Å². The zero-order chi connectivity index (χ0) is 27.5. The van der Waals surface area contributed by atoms with Crippen LogP contribution in [-0.4, -0.2) is 30.2 Å². The van der Waals surface area contributed by atoms with Crippen molar-refractivity contribution in [2.45, 2.75) is 46.0 Å². The Kier molecular flexibility index (Phi) is 9.95. The van der Waals surface area contributed by atoms with Gasteiger partial charge in [0.1, 0.15) is 11.7 Å². The Morgan fingerprint density at radius 1 is 0.949 bits per heavy atom. The molecule has 0 fully saturated rings. The molecule has 1 aliphatic rings. The Hall–Kier alpha value is -4.32. The van der Waals surface area contributed by atoms with E-state index in [9.17, 15) is 9.59 Å². The third kappa shape index (κ3) is 7.84. The minimum absolute atomic E-state index is 0.0922. The Morgan fingerprint density at radius 2 is 1.67 bits per heavy atom. The maximum atomic E-state index is 12.8. The molecule has 0 N–H and O–H groups in total. The van der Waals surface area contributed by atoms with Crippen LogP contribution in [0.5, 0.6) is 5.75 Å². The minimum atomic E-state index is -0.517. The molecule has 0 saturated heterocycles. The van der Waals surface area contributed by atoms with Crippen molar-refractivity contribution < 1.29 is 14.3 Å². The summed E-state index contributed by atoms with van der Waals surface area (Å²) in [5.74, 6) is 0.0995. The Bertz CT molecular complexity index is 1330. The molecule has 3 aromatic rings. The number of carbonyl (C=O) groups excluding carboxylic acids is 2. The van der Waals surface area contributed by atoms with Crippen LogP contribution < -0.4 is 9.75 Å². The fourth-order valence-corrected chi connectivity index (χ4v) is 4.22. The molecule has 4 rings (SSSR count). The van der Waals surface area contributed by atoms with Crippen LogP contribution in [0.2, 0.25) is 0 Å². The highest BCUT2D eigenvalue weighted by Gasteiger charge is 2.33. The molecule has 1 atom stereocenters. The molecule has 6 nitrogen and oxygen atoms in total. The first-order chi connectivity index (χ1) is 19.0. The second kappa shape index (κ2) is 14.0. The molecule has 0 saturated carbocycles. The Labute approximate surface area is 230 Å². The monoisotopic (exact) mass is 521 g/mol. The molecule has 200 valence electrons. The molecule has 1 unspecified atom stereocenters. The number of rotatable bonds is 13. The molecule has 0 spiro atoms. The molecule has 6 heteroatoms. The highest BCUT2D eigenvalue weighted by atomic mass is 16.5. The van der Waals surface area contributed by atoms with Crippen molar-refractivity contribution in [1.82, 2.24) is 0 Å². The number of hydrazone groups is 1. The van der Waals surface area contributed by atoms with Gasteiger partial charge in [0.2, 0.25) is 0 Å². The van der Waals surface area contributed by atoms with Crippen molar-refractivity contribution in [3.05, 3.63) is 96.1 Å². The van der Waals surface area contributed by atoms with Crippen molar-refractivity contribution >= 4 is 41.1 Å². The SMILES string of the molecule is CCCCCCCOc1ccc(/C=C/C(=O)c2ccc(N=CC3C(=O)N(c4ccccc4)N=C3C)cc2)cc1. The van der Waals surface area contributed by atoms with E-state index in [4.69, 9.17) is 4.74 Å². The quantitative estimate of drug-likeness (QED) is 0.100. The molecule has 1 aliphatic heterocycles. The summed E-state index contributed by atoms with van der Waals surface area (Å²) in [4.78, 5) is 30.0. The van der Waals surface area contributed by atoms with Gasteiger partial charge in [-0.3, -0.25) is 14.6 Å². The van der Waals surface area contributed by atoms with Crippen LogP contribution in [0.15, 0.2) is 95.0 Å². The van der Waals surface area contributed by atoms with Crippen LogP contribution in [0, 0.1) is 5.92 Å². The summed E-state index contributed by atoms with van der Waals surface area (Å²) in [6, 6.07) is 24.1. The number of anilines is 1. The van der Waals surface area contributed by atoms with E-state index in [2.05, 4.69) is 17.0 Å². The van der Waals surface area contributed by atoms with Gasteiger partial charge in [-0.25, -0.2) is 0 Å². The average Bonchev–Trinajstić information content (AvgIpc) is 3.26. The predicted octanol–water partition coefficient (Wildman–Crippen LogP) is 7.67. The number of carbonyl (C=O) groups is 2. The van der Waals surface area contributed by atoms with Crippen molar-refractivity contribution in [2.24, 2.45) is 16.0 Å². The Balaban J connectivity index is 1.27. The van der Waals surface area contributed by atoms with Gasteiger partial charge in [-0.1, -0.05) is 69.0 Å². The van der Waals surface area contributed by atoms with Gasteiger partial charge in [0.15, 0.2) is 5.78 Å². The Morgan fingerprint density at radius 3 is 2.38 bits per heavy atom. The largest absolute Gasteiger partial charge is 0.494 e. The number of benzene rings is 3. The molecule has 0 bridgehead atoms. The summed E-state index contributed by atoms with van der Waals surface area (Å²) in [5, 5.41) is 5.81. The summed E-state index contributed by atoms with van der Waals surface area (Å²) < 4.78 is 5.81. The van der Waals surface area contributed by atoms with Crippen LogP contribution in [0.3, 0.4) is 0 Å². The second-order valence-corrected chi connectivity index (χ2v) is 9.56. The number of unbranched alkanes of at least 4 members (excludes halogenated alkanes) is 4. The number of aliphatic imine (C=N–C) groups is 1. The van der Waals surface area contributed by atoms with Gasteiger partial charge < -0.3 is 4.74 Å². The number of para-hydroxylation sites is 1. The molecule has 1 amide bonds. The number of ether oxygens (including phenoxy) is 1. The van der Waals surface area contributed by atoms with Gasteiger partial charge in [0.05, 0.1) is 23.7 Å². The normalized spacial score (nSPS) is 15.3. The first-order valence-electron chi connectivity index (χ1n) is 13.6. The third-order valence-electron chi connectivity index (χ3n) is 6.53. The fourth-order valence-electron chi connectivity index (χ4n) is 4.22. The average molecular weight is 522 g/mol. The zero-order valence-corrected chi connectivity index (χ0v) is 22.6. The number of hydrogen-bond acceptors (Lipinski definition) is 5. The second-order valence-electron chi connectivity index (χ2n) is 9.56. The van der Waals surface area contributed by atoms with Crippen molar-refractivity contribution in [3.63, 3.8) is 0 Å². The number of nitrogens with zero attached hydrogens (tertiary/aromatic N) is 3. The lowest BCUT2D eigenvalue weighted by Crippen LogP contribution is -2.27. The number of ketones is 1. The topological polar surface area (TPSA) is 71.3 Å². The summed E-state index contributed by atoms with van der Waals surface area (Å²) in [5.41, 5.74) is 3.58. The van der Waals surface area contributed by atoms with E-state index in [1.54, 1.807) is 42.6 Å². The van der Waals surface area contributed by atoms with Gasteiger partial charge in [-0.05, 0) is 73.5 Å². The van der Waals surface area contributed by atoms with E-state index in [0.717, 1.165) is 30.0 Å². The molecule has 0 aliphatic carbocycles. The minimum Gasteiger partial charge on any atom is -0.494 e. The van der Waals surface area contributed by atoms with Gasteiger partial charge >= 0.3 is 0 Å². The maximum absolute atomic E-state index is 12.8. The molecular formula is C33H35N3O3. The molecular weight excluding hydrogens is 486 g/mol. The van der Waals surface area contributed by atoms with E-state index in [1.807, 2.05) is 61.5 Å². The summed E-state index contributed by atoms with van der Waals surface area (Å²) in [7, 11) is 0. The summed E-state index contributed by atoms with van der Waals surface area (Å²) >= 11 is 0. The molecule has 0 aromatic heterocycles. The van der Waals surface area contributed by atoms with Gasteiger partial charge in [0.25, 0.3) is 5.91 Å². The predicted molar refractivity (Wildman–Crippen MR) is 159 cm³/mol. The van der Waals surface area contributed by atoms with Crippen molar-refractivity contribution in [2.75, 3.05) is 11.6 Å². The van der Waals surface area contributed by atoms with Gasteiger partial charge in [0, 0.05) is 11.8 Å². The van der Waals surface area contributed by atoms with Crippen molar-refractivity contribution in [3.8, 4) is 5.75 Å². The number of hydrogen-bond donors (Lipinski definition) is 0. The zero-order valence-electron chi connectivity index (χ0n) is 22.6. The first-order valence-corrected chi connectivity index (χ1v) is 13.6. The van der Waals surface area contributed by atoms with E-state index in [1.165, 1.54) is 30.7 Å². The van der Waals surface area contributed by atoms with Gasteiger partial charge in [-0.15, -0.1) is 0 Å². The molecule has 3 aromatic carbocycles. The summed E-state index contributed by atoms with van der Waals surface area (Å²) in [6.45, 7) is 4.76. The number of amides is 1. The van der Waals surface area contributed by atoms with E-state index in [0.29, 0.717) is 17.0 Å². The standard InChI is InChI=1S/C33H35N3O3/c1-3-4-5-6-10-23-39-30-20-13-26(14-21-30)15-22-32(37)27-16-18-28(19-17-27)34-24-31-25(2)35-36(33(31)38)29-11-8-7-9-12-29/h7-9,11-22,24,31H,3-6,10,23H2,1-2H3/b22-15+,34-24?. The molecule has 1 heterocycles. The highest BCUT2D eigenvalue weighted by molar-refractivity contribution is 6.23. The number of allylic oxidation sites excluding steroid dienone is 1. The smallest absolute Gasteiger partial charge is 0.261 e. The first kappa shape index (κ1) is 27.7. The van der Waals surface area contributed by atoms with Crippen LogP contribution in [0.25, 0.3) is 6.08 Å². The lowest BCUT2D eigenvalue weighted by molar-refractivity contribution is -0.118. The van der Waals surface area contributed by atoms with Crippen LogP contribution in [0.4, 0.5) is 11.4 Å². The van der Waals surface area contributed by atoms with Crippen LogP contribution in [-0.2, 0) is 4.79 Å². The van der Waals surface area contributed by atoms with Gasteiger partial charge in [-0.2, -0.15) is 10.1 Å². The summed E-state index contributed by atoms with van der Waals surface area (Å²) in [6.07, 6.45) is 11.0. The van der Waals surface area contributed by atoms with E-state index >= 15 is 0 Å². The van der Waals surface area contributed by atoms with Crippen LogP contribution >= 0.6 is 0 Å². The lowest BCUT2D eigenvalue weighted by atomic mass is 10.1. The van der Waals surface area contributed by atoms with E-state index < -0.39 is 5.92 Å². The van der Waals surface area contributed by atoms with E-state index in [-0.39, 0.29) is 11.7 Å². The lowest BCUT2D eigenvalue weighted by Gasteiger charge is -2.12. The van der Waals surface area contributed by atoms with Crippen LogP contribution in [0.1, 0.15) is 61.9 Å². The maximum Gasteiger partial charge on any atom is 0.261 e. The molecule has 0 radical (unpaired) electrons. The third-order valence-corrected chi connectivity index (χ3v) is 6.53. The highest BCUT2D eigenvalue weighted by Crippen LogP contribution is 2.24. The molecule has 39 heavy (non-hydrogen) atoms. The fraction of sp³-hybridized carbons (Fsp3) is 0.273.